The van der Waals surface area contributed by atoms with E-state index in [0.29, 0.717) is 0 Å². The van der Waals surface area contributed by atoms with Gasteiger partial charge in [0.05, 0.1) is 11.0 Å². The van der Waals surface area contributed by atoms with Gasteiger partial charge in [0.25, 0.3) is 0 Å². The molecule has 33 heavy (non-hydrogen) atoms. The Kier molecular flexibility index (Phi) is 3.80. The topological polar surface area (TPSA) is 18.1 Å². The average Bonchev–Trinajstić information content (AvgIpc) is 3.40. The van der Waals surface area contributed by atoms with Gasteiger partial charge in [-0.05, 0) is 60.0 Å². The van der Waals surface area contributed by atoms with Gasteiger partial charge in [0.2, 0.25) is 0 Å². The lowest BCUT2D eigenvalue weighted by Crippen LogP contribution is -1.96. The summed E-state index contributed by atoms with van der Waals surface area (Å²) < 4.78 is 8.53. The molecule has 0 aliphatic carbocycles. The van der Waals surface area contributed by atoms with Crippen molar-refractivity contribution in [2.24, 2.45) is 0 Å². The van der Waals surface area contributed by atoms with E-state index in [1.165, 1.54) is 49.6 Å². The third-order valence-electron chi connectivity index (χ3n) is 6.74. The van der Waals surface area contributed by atoms with E-state index in [9.17, 15) is 0 Å². The molecule has 2 nitrogen and oxygen atoms in total. The first kappa shape index (κ1) is 18.3. The number of nitrogens with zero attached hydrogens (tertiary/aromatic N) is 1. The van der Waals surface area contributed by atoms with E-state index >= 15 is 0 Å². The van der Waals surface area contributed by atoms with E-state index in [-0.39, 0.29) is 0 Å². The molecule has 0 aliphatic rings. The molecule has 0 atom stereocenters. The second-order valence-corrected chi connectivity index (χ2v) is 8.65. The minimum Gasteiger partial charge on any atom is -0.456 e. The summed E-state index contributed by atoms with van der Waals surface area (Å²) in [5, 5.41) is 4.86. The first-order valence-corrected chi connectivity index (χ1v) is 11.3. The van der Waals surface area contributed by atoms with Gasteiger partial charge in [-0.15, -0.1) is 0 Å². The van der Waals surface area contributed by atoms with Gasteiger partial charge in [-0.3, -0.25) is 0 Å². The average molecular weight is 424 g/mol. The SMILES string of the molecule is Cc1ccccc1-n1c2ccccc2c2cc(-c3cccc4oc5ccccc5c34)ccc21. The molecule has 0 spiro atoms. The van der Waals surface area contributed by atoms with Crippen molar-refractivity contribution in [1.29, 1.82) is 0 Å². The maximum absolute atomic E-state index is 6.14. The molecule has 0 aliphatic heterocycles. The Morgan fingerprint density at radius 2 is 1.30 bits per heavy atom. The maximum Gasteiger partial charge on any atom is 0.136 e. The van der Waals surface area contributed by atoms with Crippen LogP contribution in [0.25, 0.3) is 60.6 Å². The predicted molar refractivity (Wildman–Crippen MR) is 138 cm³/mol. The highest BCUT2D eigenvalue weighted by Crippen LogP contribution is 2.39. The highest BCUT2D eigenvalue weighted by atomic mass is 16.3. The zero-order chi connectivity index (χ0) is 21.9. The van der Waals surface area contributed by atoms with Crippen LogP contribution in [0, 0.1) is 6.92 Å². The number of hydrogen-bond donors (Lipinski definition) is 0. The lowest BCUT2D eigenvalue weighted by molar-refractivity contribution is 0.669. The Labute approximate surface area is 191 Å². The first-order chi connectivity index (χ1) is 16.3. The summed E-state index contributed by atoms with van der Waals surface area (Å²) in [6.45, 7) is 2.18. The molecular formula is C31H21NO. The van der Waals surface area contributed by atoms with Crippen LogP contribution in [0.15, 0.2) is 114 Å². The molecule has 0 amide bonds. The molecule has 2 heterocycles. The van der Waals surface area contributed by atoms with Crippen molar-refractivity contribution in [3.63, 3.8) is 0 Å². The van der Waals surface area contributed by atoms with Crippen LogP contribution in [-0.2, 0) is 0 Å². The molecule has 5 aromatic carbocycles. The van der Waals surface area contributed by atoms with Crippen molar-refractivity contribution in [1.82, 2.24) is 4.57 Å². The number of benzene rings is 5. The van der Waals surface area contributed by atoms with Crippen molar-refractivity contribution in [2.75, 3.05) is 0 Å². The molecule has 0 unspecified atom stereocenters. The molecule has 7 aromatic rings. The summed E-state index contributed by atoms with van der Waals surface area (Å²) in [5.41, 5.74) is 9.19. The van der Waals surface area contributed by atoms with Crippen molar-refractivity contribution in [3.05, 3.63) is 115 Å². The van der Waals surface area contributed by atoms with Crippen LogP contribution in [0.4, 0.5) is 0 Å². The maximum atomic E-state index is 6.14. The van der Waals surface area contributed by atoms with Crippen LogP contribution < -0.4 is 0 Å². The third-order valence-corrected chi connectivity index (χ3v) is 6.74. The van der Waals surface area contributed by atoms with Gasteiger partial charge >= 0.3 is 0 Å². The van der Waals surface area contributed by atoms with Gasteiger partial charge in [-0.25, -0.2) is 0 Å². The second kappa shape index (κ2) is 6.85. The van der Waals surface area contributed by atoms with Crippen LogP contribution in [0.3, 0.4) is 0 Å². The highest BCUT2D eigenvalue weighted by molar-refractivity contribution is 6.15. The summed E-state index contributed by atoms with van der Waals surface area (Å²) in [5.74, 6) is 0. The van der Waals surface area contributed by atoms with Gasteiger partial charge in [-0.1, -0.05) is 72.8 Å². The van der Waals surface area contributed by atoms with Crippen LogP contribution in [0.1, 0.15) is 5.56 Å². The minimum absolute atomic E-state index is 0.927. The monoisotopic (exact) mass is 423 g/mol. The van der Waals surface area contributed by atoms with Crippen molar-refractivity contribution >= 4 is 43.7 Å². The highest BCUT2D eigenvalue weighted by Gasteiger charge is 2.16. The van der Waals surface area contributed by atoms with E-state index < -0.39 is 0 Å². The molecule has 0 fully saturated rings. The normalized spacial score (nSPS) is 11.8. The van der Waals surface area contributed by atoms with Crippen molar-refractivity contribution in [3.8, 4) is 16.8 Å². The van der Waals surface area contributed by atoms with Crippen LogP contribution >= 0.6 is 0 Å². The molecule has 0 radical (unpaired) electrons. The molecular weight excluding hydrogens is 402 g/mol. The quantitative estimate of drug-likeness (QED) is 0.272. The Morgan fingerprint density at radius 1 is 0.576 bits per heavy atom. The number of furan rings is 1. The number of aromatic nitrogens is 1. The van der Waals surface area contributed by atoms with Gasteiger partial charge in [0, 0.05) is 27.2 Å². The predicted octanol–water partition coefficient (Wildman–Crippen LogP) is 8.66. The van der Waals surface area contributed by atoms with E-state index in [0.717, 1.165) is 16.6 Å². The summed E-state index contributed by atoms with van der Waals surface area (Å²) in [7, 11) is 0. The molecule has 156 valence electrons. The largest absolute Gasteiger partial charge is 0.456 e. The minimum atomic E-state index is 0.927. The Bertz CT molecular complexity index is 1830. The number of aryl methyl sites for hydroxylation is 1. The van der Waals surface area contributed by atoms with Crippen LogP contribution in [-0.4, -0.2) is 4.57 Å². The third kappa shape index (κ3) is 2.61. The van der Waals surface area contributed by atoms with Gasteiger partial charge in [0.15, 0.2) is 0 Å². The Balaban J connectivity index is 1.56. The molecule has 0 saturated carbocycles. The first-order valence-electron chi connectivity index (χ1n) is 11.3. The number of fused-ring (bicyclic) bond motifs is 6. The van der Waals surface area contributed by atoms with Gasteiger partial charge in [-0.2, -0.15) is 0 Å². The molecule has 7 rings (SSSR count). The van der Waals surface area contributed by atoms with E-state index in [2.05, 4.69) is 109 Å². The lowest BCUT2D eigenvalue weighted by Gasteiger charge is -2.11. The summed E-state index contributed by atoms with van der Waals surface area (Å²) in [4.78, 5) is 0. The van der Waals surface area contributed by atoms with Crippen LogP contribution in [0.5, 0.6) is 0 Å². The smallest absolute Gasteiger partial charge is 0.136 e. The summed E-state index contributed by atoms with van der Waals surface area (Å²) >= 11 is 0. The zero-order valence-corrected chi connectivity index (χ0v) is 18.2. The number of hydrogen-bond acceptors (Lipinski definition) is 1. The van der Waals surface area contributed by atoms with E-state index in [1.54, 1.807) is 0 Å². The fourth-order valence-corrected chi connectivity index (χ4v) is 5.23. The summed E-state index contributed by atoms with van der Waals surface area (Å²) in [6, 6.07) is 38.7. The van der Waals surface area contributed by atoms with Crippen LogP contribution in [0.2, 0.25) is 0 Å². The molecule has 0 bridgehead atoms. The standard InChI is InChI=1S/C31H21NO/c1-20-9-2-5-13-26(20)32-27-14-6-3-10-23(27)25-19-21(17-18-28(25)32)22-12-8-16-30-31(22)24-11-4-7-15-29(24)33-30/h2-19H,1H3. The molecule has 0 saturated heterocycles. The molecule has 0 N–H and O–H groups in total. The number of para-hydroxylation sites is 3. The van der Waals surface area contributed by atoms with E-state index in [1.807, 2.05) is 12.1 Å². The summed E-state index contributed by atoms with van der Waals surface area (Å²) in [6.07, 6.45) is 0. The van der Waals surface area contributed by atoms with Crippen molar-refractivity contribution in [2.45, 2.75) is 6.92 Å². The lowest BCUT2D eigenvalue weighted by atomic mass is 9.98. The fourth-order valence-electron chi connectivity index (χ4n) is 5.23. The van der Waals surface area contributed by atoms with Gasteiger partial charge < -0.3 is 8.98 Å². The Hall–Kier alpha value is -4.30. The van der Waals surface area contributed by atoms with Crippen molar-refractivity contribution < 1.29 is 4.42 Å². The zero-order valence-electron chi connectivity index (χ0n) is 18.2. The molecule has 2 aromatic heterocycles. The Morgan fingerprint density at radius 3 is 2.21 bits per heavy atom. The second-order valence-electron chi connectivity index (χ2n) is 8.65. The van der Waals surface area contributed by atoms with Gasteiger partial charge in [0.1, 0.15) is 11.2 Å². The van der Waals surface area contributed by atoms with E-state index in [4.69, 9.17) is 4.42 Å². The molecule has 2 heteroatoms. The number of rotatable bonds is 2. The fraction of sp³-hybridized carbons (Fsp3) is 0.0323.